The highest BCUT2D eigenvalue weighted by atomic mass is 19.1. The van der Waals surface area contributed by atoms with E-state index in [-0.39, 0.29) is 5.56 Å². The van der Waals surface area contributed by atoms with Crippen molar-refractivity contribution in [3.8, 4) is 0 Å². The van der Waals surface area contributed by atoms with Gasteiger partial charge in [0.2, 0.25) is 0 Å². The zero-order chi connectivity index (χ0) is 11.7. The van der Waals surface area contributed by atoms with Crippen LogP contribution in [0.2, 0.25) is 0 Å². The van der Waals surface area contributed by atoms with E-state index in [0.717, 1.165) is 6.20 Å². The maximum Gasteiger partial charge on any atom is 0.251 e. The van der Waals surface area contributed by atoms with Crippen molar-refractivity contribution in [2.24, 2.45) is 0 Å². The Labute approximate surface area is 90.3 Å². The molecule has 0 spiro atoms. The fraction of sp³-hybridized carbons (Fsp3) is 0.182. The van der Waals surface area contributed by atoms with Gasteiger partial charge >= 0.3 is 0 Å². The third kappa shape index (κ3) is 1.60. The molecule has 2 heterocycles. The topological polar surface area (TPSA) is 52.0 Å². The van der Waals surface area contributed by atoms with Crippen molar-refractivity contribution >= 4 is 17.3 Å². The van der Waals surface area contributed by atoms with Gasteiger partial charge in [0, 0.05) is 12.1 Å². The average Bonchev–Trinajstić information content (AvgIpc) is 2.28. The van der Waals surface area contributed by atoms with E-state index >= 15 is 0 Å². The number of halogens is 1. The Hall–Kier alpha value is -2.04. The van der Waals surface area contributed by atoms with Gasteiger partial charge in [-0.2, -0.15) is 0 Å². The SMILES string of the molecule is CC(C=O)n1c(=O)ccc2ncc(F)cc21. The molecule has 5 heteroatoms. The lowest BCUT2D eigenvalue weighted by molar-refractivity contribution is -0.110. The average molecular weight is 220 g/mol. The molecule has 0 saturated heterocycles. The molecule has 0 aliphatic carbocycles. The first-order chi connectivity index (χ1) is 7.63. The third-order valence-electron chi connectivity index (χ3n) is 2.35. The van der Waals surface area contributed by atoms with E-state index in [9.17, 15) is 14.0 Å². The molecule has 2 aromatic rings. The van der Waals surface area contributed by atoms with Crippen LogP contribution in [0.15, 0.2) is 29.2 Å². The van der Waals surface area contributed by atoms with Crippen LogP contribution in [0, 0.1) is 5.82 Å². The molecule has 0 bridgehead atoms. The highest BCUT2D eigenvalue weighted by Gasteiger charge is 2.10. The van der Waals surface area contributed by atoms with Crippen LogP contribution < -0.4 is 5.56 Å². The molecule has 2 rings (SSSR count). The van der Waals surface area contributed by atoms with Crippen molar-refractivity contribution in [3.05, 3.63) is 40.6 Å². The zero-order valence-corrected chi connectivity index (χ0v) is 8.55. The van der Waals surface area contributed by atoms with Crippen molar-refractivity contribution in [2.45, 2.75) is 13.0 Å². The molecule has 0 aromatic carbocycles. The summed E-state index contributed by atoms with van der Waals surface area (Å²) in [4.78, 5) is 26.2. The summed E-state index contributed by atoms with van der Waals surface area (Å²) in [7, 11) is 0. The van der Waals surface area contributed by atoms with E-state index in [1.165, 1.54) is 22.8 Å². The Bertz CT molecular complexity index is 606. The van der Waals surface area contributed by atoms with Gasteiger partial charge in [0.25, 0.3) is 5.56 Å². The molecule has 0 N–H and O–H groups in total. The number of rotatable bonds is 2. The van der Waals surface area contributed by atoms with E-state index in [2.05, 4.69) is 4.98 Å². The summed E-state index contributed by atoms with van der Waals surface area (Å²) >= 11 is 0. The van der Waals surface area contributed by atoms with E-state index in [0.29, 0.717) is 17.3 Å². The molecular formula is C11H9FN2O2. The van der Waals surface area contributed by atoms with Gasteiger partial charge in [0.1, 0.15) is 12.1 Å². The molecule has 0 aliphatic rings. The maximum atomic E-state index is 13.0. The number of nitrogens with zero attached hydrogens (tertiary/aromatic N) is 2. The van der Waals surface area contributed by atoms with E-state index in [1.807, 2.05) is 0 Å². The largest absolute Gasteiger partial charge is 0.301 e. The normalized spacial score (nSPS) is 12.6. The van der Waals surface area contributed by atoms with Crippen LogP contribution in [0.4, 0.5) is 4.39 Å². The van der Waals surface area contributed by atoms with Gasteiger partial charge < -0.3 is 4.79 Å². The summed E-state index contributed by atoms with van der Waals surface area (Å²) in [5, 5.41) is 0. The van der Waals surface area contributed by atoms with E-state index in [1.54, 1.807) is 6.92 Å². The van der Waals surface area contributed by atoms with Crippen molar-refractivity contribution in [2.75, 3.05) is 0 Å². The molecule has 1 atom stereocenters. The van der Waals surface area contributed by atoms with Crippen LogP contribution in [-0.4, -0.2) is 15.8 Å². The first-order valence-corrected chi connectivity index (χ1v) is 4.75. The maximum absolute atomic E-state index is 13.0. The van der Waals surface area contributed by atoms with Crippen LogP contribution in [0.5, 0.6) is 0 Å². The molecule has 0 radical (unpaired) electrons. The smallest absolute Gasteiger partial charge is 0.251 e. The minimum Gasteiger partial charge on any atom is -0.301 e. The molecule has 0 amide bonds. The number of fused-ring (bicyclic) bond motifs is 1. The first-order valence-electron chi connectivity index (χ1n) is 4.75. The fourth-order valence-corrected chi connectivity index (χ4v) is 1.59. The van der Waals surface area contributed by atoms with Crippen molar-refractivity contribution < 1.29 is 9.18 Å². The van der Waals surface area contributed by atoms with Gasteiger partial charge in [-0.3, -0.25) is 14.3 Å². The summed E-state index contributed by atoms with van der Waals surface area (Å²) < 4.78 is 14.3. The standard InChI is InChI=1S/C11H9FN2O2/c1-7(6-15)14-10-4-8(12)5-13-9(10)2-3-11(14)16/h2-7H,1H3. The lowest BCUT2D eigenvalue weighted by Crippen LogP contribution is -2.23. The molecule has 4 nitrogen and oxygen atoms in total. The van der Waals surface area contributed by atoms with Gasteiger partial charge in [0.15, 0.2) is 0 Å². The molecule has 0 saturated carbocycles. The minimum absolute atomic E-state index is 0.326. The number of pyridine rings is 2. The molecule has 82 valence electrons. The van der Waals surface area contributed by atoms with Crippen molar-refractivity contribution in [3.63, 3.8) is 0 Å². The third-order valence-corrected chi connectivity index (χ3v) is 2.35. The Balaban J connectivity index is 2.87. The lowest BCUT2D eigenvalue weighted by atomic mass is 10.2. The molecule has 0 aliphatic heterocycles. The fourth-order valence-electron chi connectivity index (χ4n) is 1.59. The monoisotopic (exact) mass is 220 g/mol. The van der Waals surface area contributed by atoms with Crippen LogP contribution in [-0.2, 0) is 4.79 Å². The summed E-state index contributed by atoms with van der Waals surface area (Å²) in [6.07, 6.45) is 1.70. The Morgan fingerprint density at radius 1 is 1.50 bits per heavy atom. The number of aldehydes is 1. The first kappa shape index (κ1) is 10.5. The van der Waals surface area contributed by atoms with Gasteiger partial charge in [0.05, 0.1) is 23.3 Å². The van der Waals surface area contributed by atoms with Crippen LogP contribution in [0.3, 0.4) is 0 Å². The summed E-state index contributed by atoms with van der Waals surface area (Å²) in [6.45, 7) is 1.57. The summed E-state index contributed by atoms with van der Waals surface area (Å²) in [5.74, 6) is -0.537. The number of carbonyl (C=O) groups excluding carboxylic acids is 1. The Morgan fingerprint density at radius 3 is 2.94 bits per heavy atom. The Morgan fingerprint density at radius 2 is 2.25 bits per heavy atom. The molecular weight excluding hydrogens is 211 g/mol. The van der Waals surface area contributed by atoms with Crippen LogP contribution in [0.1, 0.15) is 13.0 Å². The van der Waals surface area contributed by atoms with Crippen molar-refractivity contribution in [1.29, 1.82) is 0 Å². The second-order valence-electron chi connectivity index (χ2n) is 3.48. The lowest BCUT2D eigenvalue weighted by Gasteiger charge is -2.11. The zero-order valence-electron chi connectivity index (χ0n) is 8.55. The predicted octanol–water partition coefficient (Wildman–Crippen LogP) is 1.30. The Kier molecular flexibility index (Phi) is 2.52. The van der Waals surface area contributed by atoms with Gasteiger partial charge in [-0.25, -0.2) is 4.39 Å². The molecule has 0 fully saturated rings. The van der Waals surface area contributed by atoms with Crippen LogP contribution in [0.25, 0.3) is 11.0 Å². The number of hydrogen-bond donors (Lipinski definition) is 0. The van der Waals surface area contributed by atoms with Gasteiger partial charge in [-0.05, 0) is 13.0 Å². The van der Waals surface area contributed by atoms with Gasteiger partial charge in [-0.1, -0.05) is 0 Å². The molecule has 16 heavy (non-hydrogen) atoms. The quantitative estimate of drug-likeness (QED) is 0.717. The number of hydrogen-bond acceptors (Lipinski definition) is 3. The van der Waals surface area contributed by atoms with E-state index < -0.39 is 11.9 Å². The molecule has 1 unspecified atom stereocenters. The van der Waals surface area contributed by atoms with Gasteiger partial charge in [-0.15, -0.1) is 0 Å². The second kappa shape index (κ2) is 3.84. The highest BCUT2D eigenvalue weighted by Crippen LogP contribution is 2.13. The predicted molar refractivity (Wildman–Crippen MR) is 56.7 cm³/mol. The molecule has 2 aromatic heterocycles. The summed E-state index contributed by atoms with van der Waals surface area (Å²) in [6, 6.07) is 3.38. The highest BCUT2D eigenvalue weighted by molar-refractivity contribution is 5.75. The van der Waals surface area contributed by atoms with Crippen molar-refractivity contribution in [1.82, 2.24) is 9.55 Å². The second-order valence-corrected chi connectivity index (χ2v) is 3.48. The number of aromatic nitrogens is 2. The number of carbonyl (C=O) groups is 1. The summed E-state index contributed by atoms with van der Waals surface area (Å²) in [5.41, 5.74) is 0.460. The van der Waals surface area contributed by atoms with Crippen LogP contribution >= 0.6 is 0 Å². The minimum atomic E-state index is -0.639. The van der Waals surface area contributed by atoms with E-state index in [4.69, 9.17) is 0 Å².